The lowest BCUT2D eigenvalue weighted by Gasteiger charge is -2.50. The van der Waals surface area contributed by atoms with Crippen LogP contribution in [-0.2, 0) is 9.53 Å². The van der Waals surface area contributed by atoms with Crippen molar-refractivity contribution in [2.45, 2.75) is 108 Å². The van der Waals surface area contributed by atoms with E-state index >= 15 is 0 Å². The van der Waals surface area contributed by atoms with Crippen molar-refractivity contribution < 1.29 is 14.6 Å². The Bertz CT molecular complexity index is 443. The van der Waals surface area contributed by atoms with Gasteiger partial charge in [-0.1, -0.05) is 39.0 Å². The molecule has 5 heteroatoms. The zero-order chi connectivity index (χ0) is 19.1. The van der Waals surface area contributed by atoms with E-state index in [1.807, 2.05) is 6.92 Å². The fourth-order valence-corrected chi connectivity index (χ4v) is 5.48. The molecule has 0 aromatic carbocycles. The summed E-state index contributed by atoms with van der Waals surface area (Å²) in [5, 5.41) is 7.88. The zero-order valence-corrected chi connectivity index (χ0v) is 17.3. The molecule has 2 atom stereocenters. The van der Waals surface area contributed by atoms with Crippen molar-refractivity contribution in [3.05, 3.63) is 0 Å². The van der Waals surface area contributed by atoms with Gasteiger partial charge in [0.05, 0.1) is 12.1 Å². The number of carbonyl (C=O) groups excluding carboxylic acids is 1. The summed E-state index contributed by atoms with van der Waals surface area (Å²) in [7, 11) is 0. The van der Waals surface area contributed by atoms with E-state index in [2.05, 4.69) is 9.80 Å². The first-order valence-electron chi connectivity index (χ1n) is 11.5. The molecule has 0 radical (unpaired) electrons. The van der Waals surface area contributed by atoms with Crippen LogP contribution in [0.25, 0.3) is 0 Å². The van der Waals surface area contributed by atoms with Crippen LogP contribution in [-0.4, -0.2) is 71.3 Å². The Labute approximate surface area is 165 Å². The molecule has 2 saturated carbocycles. The minimum atomic E-state index is 0.254. The van der Waals surface area contributed by atoms with Crippen molar-refractivity contribution >= 4 is 5.91 Å². The van der Waals surface area contributed by atoms with E-state index in [1.165, 1.54) is 70.9 Å². The maximum absolute atomic E-state index is 12.5. The first kappa shape index (κ1) is 21.1. The number of rotatable bonds is 3. The Morgan fingerprint density at radius 3 is 2.22 bits per heavy atom. The van der Waals surface area contributed by atoms with E-state index in [4.69, 9.17) is 9.84 Å². The summed E-state index contributed by atoms with van der Waals surface area (Å²) in [5.74, 6) is 0.254. The standard InChI is InChI=1S/C19H32N2O2.C3H8O/c22-19-14-23-18-9-5-4-8-17(18)21(19)16-10-12-20(13-11-16)15-6-2-1-3-7-15;1-2-3-4/h15-18H,1-14H2;4H,2-3H2,1H3/t17-,18-;/m0./s1. The third-order valence-electron chi connectivity index (χ3n) is 6.94. The van der Waals surface area contributed by atoms with Gasteiger partial charge in [0.2, 0.25) is 5.91 Å². The number of aliphatic hydroxyl groups is 1. The second kappa shape index (κ2) is 10.8. The second-order valence-corrected chi connectivity index (χ2v) is 8.78. The molecule has 4 rings (SSSR count). The largest absolute Gasteiger partial charge is 0.396 e. The lowest BCUT2D eigenvalue weighted by atomic mass is 9.87. The van der Waals surface area contributed by atoms with E-state index in [-0.39, 0.29) is 5.91 Å². The molecule has 0 unspecified atom stereocenters. The van der Waals surface area contributed by atoms with Gasteiger partial charge in [0.1, 0.15) is 6.61 Å². The number of hydrogen-bond donors (Lipinski definition) is 1. The molecule has 1 amide bonds. The minimum absolute atomic E-state index is 0.254. The molecule has 2 aliphatic carbocycles. The number of nitrogens with zero attached hydrogens (tertiary/aromatic N) is 2. The highest BCUT2D eigenvalue weighted by Gasteiger charge is 2.42. The number of ether oxygens (including phenoxy) is 1. The van der Waals surface area contributed by atoms with Gasteiger partial charge in [0.25, 0.3) is 0 Å². The first-order chi connectivity index (χ1) is 13.2. The van der Waals surface area contributed by atoms with Gasteiger partial charge in [-0.25, -0.2) is 0 Å². The van der Waals surface area contributed by atoms with Gasteiger partial charge < -0.3 is 19.6 Å². The molecule has 2 saturated heterocycles. The highest BCUT2D eigenvalue weighted by Crippen LogP contribution is 2.33. The van der Waals surface area contributed by atoms with Crippen molar-refractivity contribution in [1.29, 1.82) is 0 Å². The predicted octanol–water partition coefficient (Wildman–Crippen LogP) is 3.34. The molecular formula is C22H40N2O3. The fraction of sp³-hybridized carbons (Fsp3) is 0.955. The SMILES string of the molecule is CCCO.O=C1CO[C@H]2CCCC[C@@H]2N1C1CCN(C2CCCCC2)CC1. The fourth-order valence-electron chi connectivity index (χ4n) is 5.48. The van der Waals surface area contributed by atoms with Crippen LogP contribution in [0.1, 0.15) is 84.0 Å². The van der Waals surface area contributed by atoms with Gasteiger partial charge in [-0.15, -0.1) is 0 Å². The molecule has 0 aromatic rings. The normalized spacial score (nSPS) is 31.2. The van der Waals surface area contributed by atoms with Gasteiger partial charge >= 0.3 is 0 Å². The Morgan fingerprint density at radius 1 is 0.926 bits per heavy atom. The van der Waals surface area contributed by atoms with Crippen molar-refractivity contribution in [2.75, 3.05) is 26.3 Å². The Hall–Kier alpha value is -0.650. The van der Waals surface area contributed by atoms with Crippen molar-refractivity contribution in [1.82, 2.24) is 9.80 Å². The van der Waals surface area contributed by atoms with Crippen LogP contribution in [0.4, 0.5) is 0 Å². The second-order valence-electron chi connectivity index (χ2n) is 8.78. The van der Waals surface area contributed by atoms with E-state index in [0.717, 1.165) is 25.3 Å². The summed E-state index contributed by atoms with van der Waals surface area (Å²) in [6.45, 7) is 4.96. The Balaban J connectivity index is 0.000000481. The lowest BCUT2D eigenvalue weighted by molar-refractivity contribution is -0.167. The van der Waals surface area contributed by atoms with Gasteiger partial charge in [-0.3, -0.25) is 4.79 Å². The number of morpholine rings is 1. The molecule has 0 aromatic heterocycles. The number of likely N-dealkylation sites (tertiary alicyclic amines) is 1. The molecule has 5 nitrogen and oxygen atoms in total. The third kappa shape index (κ3) is 5.45. The Morgan fingerprint density at radius 2 is 1.56 bits per heavy atom. The maximum atomic E-state index is 12.5. The van der Waals surface area contributed by atoms with Gasteiger partial charge in [0.15, 0.2) is 0 Å². The van der Waals surface area contributed by atoms with Crippen LogP contribution in [0.2, 0.25) is 0 Å². The number of fused-ring (bicyclic) bond motifs is 1. The number of hydrogen-bond acceptors (Lipinski definition) is 4. The Kier molecular flexibility index (Phi) is 8.41. The highest BCUT2D eigenvalue weighted by atomic mass is 16.5. The lowest BCUT2D eigenvalue weighted by Crippen LogP contribution is -2.61. The van der Waals surface area contributed by atoms with Crippen LogP contribution in [0.5, 0.6) is 0 Å². The molecule has 27 heavy (non-hydrogen) atoms. The third-order valence-corrected chi connectivity index (χ3v) is 6.94. The van der Waals surface area contributed by atoms with Crippen molar-refractivity contribution in [2.24, 2.45) is 0 Å². The average Bonchev–Trinajstić information content (AvgIpc) is 2.75. The average molecular weight is 381 g/mol. The first-order valence-corrected chi connectivity index (χ1v) is 11.5. The predicted molar refractivity (Wildman–Crippen MR) is 108 cm³/mol. The molecule has 156 valence electrons. The zero-order valence-electron chi connectivity index (χ0n) is 17.3. The summed E-state index contributed by atoms with van der Waals surface area (Å²) >= 11 is 0. The van der Waals surface area contributed by atoms with Gasteiger partial charge in [0, 0.05) is 31.8 Å². The van der Waals surface area contributed by atoms with Crippen LogP contribution < -0.4 is 0 Å². The number of piperidine rings is 1. The highest BCUT2D eigenvalue weighted by molar-refractivity contribution is 5.79. The van der Waals surface area contributed by atoms with Crippen LogP contribution in [0.15, 0.2) is 0 Å². The van der Waals surface area contributed by atoms with Gasteiger partial charge in [-0.2, -0.15) is 0 Å². The topological polar surface area (TPSA) is 53.0 Å². The minimum Gasteiger partial charge on any atom is -0.396 e. The summed E-state index contributed by atoms with van der Waals surface area (Å²) in [5.41, 5.74) is 0. The molecule has 0 bridgehead atoms. The molecule has 4 fully saturated rings. The molecule has 2 aliphatic heterocycles. The quantitative estimate of drug-likeness (QED) is 0.816. The molecule has 1 N–H and O–H groups in total. The molecular weight excluding hydrogens is 340 g/mol. The smallest absolute Gasteiger partial charge is 0.249 e. The van der Waals surface area contributed by atoms with Crippen LogP contribution >= 0.6 is 0 Å². The summed E-state index contributed by atoms with van der Waals surface area (Å²) in [6, 6.07) is 1.67. The van der Waals surface area contributed by atoms with Gasteiger partial charge in [-0.05, 0) is 44.9 Å². The maximum Gasteiger partial charge on any atom is 0.249 e. The summed E-state index contributed by atoms with van der Waals surface area (Å²) in [4.78, 5) is 17.5. The number of carbonyl (C=O) groups is 1. The van der Waals surface area contributed by atoms with Crippen LogP contribution in [0, 0.1) is 0 Å². The van der Waals surface area contributed by atoms with E-state index in [1.54, 1.807) is 0 Å². The number of aliphatic hydroxyl groups excluding tert-OH is 1. The monoisotopic (exact) mass is 380 g/mol. The van der Waals surface area contributed by atoms with E-state index in [0.29, 0.717) is 31.4 Å². The van der Waals surface area contributed by atoms with E-state index < -0.39 is 0 Å². The molecule has 0 spiro atoms. The summed E-state index contributed by atoms with van der Waals surface area (Å²) in [6.07, 6.45) is 15.4. The van der Waals surface area contributed by atoms with Crippen molar-refractivity contribution in [3.63, 3.8) is 0 Å². The van der Waals surface area contributed by atoms with Crippen molar-refractivity contribution in [3.8, 4) is 0 Å². The van der Waals surface area contributed by atoms with E-state index in [9.17, 15) is 4.79 Å². The molecule has 2 heterocycles. The summed E-state index contributed by atoms with van der Waals surface area (Å²) < 4.78 is 5.83. The van der Waals surface area contributed by atoms with Crippen LogP contribution in [0.3, 0.4) is 0 Å². The number of amides is 1. The molecule has 4 aliphatic rings.